The Morgan fingerprint density at radius 2 is 1.81 bits per heavy atom. The fraction of sp³-hybridized carbons (Fsp3) is 0.355. The van der Waals surface area contributed by atoms with E-state index in [1.807, 2.05) is 24.3 Å². The van der Waals surface area contributed by atoms with Crippen LogP contribution in [0.5, 0.6) is 0 Å². The van der Waals surface area contributed by atoms with Crippen LogP contribution in [0.3, 0.4) is 0 Å². The van der Waals surface area contributed by atoms with Crippen LogP contribution in [0.25, 0.3) is 0 Å². The maximum atomic E-state index is 13.4. The zero-order valence-corrected chi connectivity index (χ0v) is 24.6. The molecule has 0 bridgehead atoms. The van der Waals surface area contributed by atoms with Gasteiger partial charge >= 0.3 is 0 Å². The Labute approximate surface area is 250 Å². The Kier molecular flexibility index (Phi) is 7.91. The summed E-state index contributed by atoms with van der Waals surface area (Å²) in [4.78, 5) is 45.5. The van der Waals surface area contributed by atoms with Crippen molar-refractivity contribution >= 4 is 37.1 Å². The minimum atomic E-state index is -2.33. The first-order valence-corrected chi connectivity index (χ1v) is 14.1. The minimum Gasteiger partial charge on any atom is -0.374 e. The lowest BCUT2D eigenvalue weighted by Gasteiger charge is -2.31. The molecule has 3 amide bonds. The van der Waals surface area contributed by atoms with E-state index in [1.54, 1.807) is 57.3 Å². The van der Waals surface area contributed by atoms with Gasteiger partial charge in [0.15, 0.2) is 13.7 Å². The van der Waals surface area contributed by atoms with Crippen molar-refractivity contribution in [3.05, 3.63) is 88.6 Å². The van der Waals surface area contributed by atoms with Crippen LogP contribution in [0.2, 0.25) is 0 Å². The first-order valence-electron chi connectivity index (χ1n) is 14.1. The molecule has 12 heteroatoms. The summed E-state index contributed by atoms with van der Waals surface area (Å²) in [7, 11) is 1.08. The molecule has 1 aliphatic carbocycles. The van der Waals surface area contributed by atoms with Crippen LogP contribution in [-0.2, 0) is 39.2 Å². The first-order chi connectivity index (χ1) is 20.2. The molecule has 2 atom stereocenters. The highest BCUT2D eigenvalue weighted by Gasteiger charge is 2.51. The number of aliphatic hydroxyl groups excluding tert-OH is 1. The lowest BCUT2D eigenvalue weighted by Crippen LogP contribution is -2.48. The monoisotopic (exact) mass is 585 g/mol. The number of hydrogen-bond acceptors (Lipinski definition) is 8. The quantitative estimate of drug-likeness (QED) is 0.168. The maximum absolute atomic E-state index is 13.4. The summed E-state index contributed by atoms with van der Waals surface area (Å²) in [5, 5.41) is 38.1. The summed E-state index contributed by atoms with van der Waals surface area (Å²) >= 11 is 0. The van der Waals surface area contributed by atoms with Crippen molar-refractivity contribution in [3.8, 4) is 0 Å². The Balaban J connectivity index is 1.33. The predicted octanol–water partition coefficient (Wildman–Crippen LogP) is 0.893. The second-order valence-electron chi connectivity index (χ2n) is 12.5. The van der Waals surface area contributed by atoms with Crippen molar-refractivity contribution in [1.82, 2.24) is 15.2 Å². The molecule has 0 saturated heterocycles. The van der Waals surface area contributed by atoms with Gasteiger partial charge in [-0.2, -0.15) is 0 Å². The molecule has 0 saturated carbocycles. The number of carbonyl (C=O) groups is 3. The molecule has 2 unspecified atom stereocenters. The van der Waals surface area contributed by atoms with Crippen molar-refractivity contribution in [3.63, 3.8) is 0 Å². The molecule has 0 fully saturated rings. The van der Waals surface area contributed by atoms with Crippen LogP contribution in [0.4, 0.5) is 11.5 Å². The van der Waals surface area contributed by atoms with E-state index < -0.39 is 28.8 Å². The summed E-state index contributed by atoms with van der Waals surface area (Å²) in [6.45, 7) is 5.02. The average Bonchev–Trinajstić information content (AvgIpc) is 3.43. The number of nitrogens with one attached hydrogen (secondary N) is 3. The minimum absolute atomic E-state index is 0.00126. The molecule has 0 radical (unpaired) electrons. The Morgan fingerprint density at radius 1 is 1.09 bits per heavy atom. The van der Waals surface area contributed by atoms with Gasteiger partial charge in [-0.3, -0.25) is 14.4 Å². The number of pyridine rings is 1. The number of carbonyl (C=O) groups excluding carboxylic acids is 3. The van der Waals surface area contributed by atoms with Gasteiger partial charge in [0.1, 0.15) is 18.6 Å². The average molecular weight is 585 g/mol. The molecular formula is C31H36BN5O6. The molecular weight excluding hydrogens is 549 g/mol. The Bertz CT molecular complexity index is 1580. The van der Waals surface area contributed by atoms with Gasteiger partial charge in [-0.05, 0) is 47.7 Å². The van der Waals surface area contributed by atoms with E-state index in [1.165, 1.54) is 4.90 Å². The summed E-state index contributed by atoms with van der Waals surface area (Å²) in [6.07, 6.45) is 1.25. The molecule has 3 aromatic rings. The molecule has 5 rings (SSSR count). The van der Waals surface area contributed by atoms with E-state index in [0.29, 0.717) is 35.5 Å². The van der Waals surface area contributed by atoms with Crippen LogP contribution in [0.15, 0.2) is 60.8 Å². The lowest BCUT2D eigenvalue weighted by molar-refractivity contribution is -0.143. The zero-order valence-electron chi connectivity index (χ0n) is 24.6. The van der Waals surface area contributed by atoms with Gasteiger partial charge < -0.3 is 30.9 Å². The number of aromatic nitrogens is 1. The number of rotatable bonds is 8. The number of aliphatic hydroxyl groups is 3. The molecule has 2 heterocycles. The van der Waals surface area contributed by atoms with Crippen LogP contribution in [-0.4, -0.2) is 63.1 Å². The van der Waals surface area contributed by atoms with Gasteiger partial charge in [0.2, 0.25) is 17.7 Å². The topological polar surface area (TPSA) is 164 Å². The number of benzene rings is 2. The van der Waals surface area contributed by atoms with Crippen molar-refractivity contribution in [2.45, 2.75) is 57.6 Å². The first kappa shape index (κ1) is 30.4. The van der Waals surface area contributed by atoms with Gasteiger partial charge in [-0.15, -0.1) is 0 Å². The molecule has 11 nitrogen and oxygen atoms in total. The predicted molar refractivity (Wildman–Crippen MR) is 162 cm³/mol. The SMILES string of the molecule is BC(O)(O)NC(O)c1ccccc1CN(CC(=O)Nc1ccc2c(c1)CC1(C2)C(=O)Nc2ncccc21)C(=O)C(C)(C)C. The highest BCUT2D eigenvalue weighted by Crippen LogP contribution is 2.47. The molecule has 2 aromatic carbocycles. The molecule has 6 N–H and O–H groups in total. The highest BCUT2D eigenvalue weighted by atomic mass is 16.5. The molecule has 2 aliphatic rings. The Morgan fingerprint density at radius 3 is 2.53 bits per heavy atom. The zero-order chi connectivity index (χ0) is 31.2. The van der Waals surface area contributed by atoms with Crippen molar-refractivity contribution in [2.24, 2.45) is 5.41 Å². The molecule has 1 aromatic heterocycles. The summed E-state index contributed by atoms with van der Waals surface area (Å²) < 4.78 is 0. The van der Waals surface area contributed by atoms with E-state index in [-0.39, 0.29) is 24.9 Å². The number of amides is 3. The highest BCUT2D eigenvalue weighted by molar-refractivity contribution is 6.12. The summed E-state index contributed by atoms with van der Waals surface area (Å²) in [6, 6.07) is 16.1. The standard InChI is InChI=1S/C31H36BN5O6/c1-29(2,3)28(41)37(16-19-7-4-5-8-22(19)26(39)36-31(32,42)43)17-24(38)34-21-11-10-18-14-30(15-20(18)13-21)23-9-6-12-33-25(23)35-27(30)40/h4-13,26,36,39,42-43H,14-17,32H2,1-3H3,(H,34,38)(H,33,35,40). The van der Waals surface area contributed by atoms with Gasteiger partial charge in [-0.1, -0.05) is 57.2 Å². The van der Waals surface area contributed by atoms with Gasteiger partial charge in [0, 0.05) is 35.0 Å². The van der Waals surface area contributed by atoms with E-state index in [4.69, 9.17) is 0 Å². The van der Waals surface area contributed by atoms with Crippen LogP contribution in [0.1, 0.15) is 54.8 Å². The number of hydrogen-bond donors (Lipinski definition) is 6. The second kappa shape index (κ2) is 11.2. The van der Waals surface area contributed by atoms with E-state index >= 15 is 0 Å². The molecule has 1 spiro atoms. The van der Waals surface area contributed by atoms with E-state index in [2.05, 4.69) is 20.9 Å². The van der Waals surface area contributed by atoms with Crippen LogP contribution in [0, 0.1) is 5.41 Å². The third kappa shape index (κ3) is 6.32. The molecule has 224 valence electrons. The maximum Gasteiger partial charge on any atom is 0.244 e. The van der Waals surface area contributed by atoms with E-state index in [0.717, 1.165) is 24.5 Å². The van der Waals surface area contributed by atoms with Gasteiger partial charge in [0.25, 0.3) is 0 Å². The lowest BCUT2D eigenvalue weighted by atomic mass is 9.79. The number of fused-ring (bicyclic) bond motifs is 3. The summed E-state index contributed by atoms with van der Waals surface area (Å²) in [5.41, 5.74) is 2.77. The van der Waals surface area contributed by atoms with Gasteiger partial charge in [0.05, 0.1) is 5.41 Å². The molecule has 1 aliphatic heterocycles. The Hall–Kier alpha value is -4.10. The van der Waals surface area contributed by atoms with Gasteiger partial charge in [-0.25, -0.2) is 10.3 Å². The van der Waals surface area contributed by atoms with Crippen molar-refractivity contribution < 1.29 is 29.7 Å². The number of nitrogens with zero attached hydrogens (tertiary/aromatic N) is 2. The van der Waals surface area contributed by atoms with Crippen molar-refractivity contribution in [1.29, 1.82) is 0 Å². The number of anilines is 2. The van der Waals surface area contributed by atoms with Crippen molar-refractivity contribution in [2.75, 3.05) is 17.2 Å². The fourth-order valence-electron chi connectivity index (χ4n) is 5.88. The second-order valence-corrected chi connectivity index (χ2v) is 12.5. The van der Waals surface area contributed by atoms with Crippen LogP contribution >= 0.6 is 0 Å². The third-order valence-electron chi connectivity index (χ3n) is 7.85. The smallest absolute Gasteiger partial charge is 0.244 e. The molecule has 43 heavy (non-hydrogen) atoms. The van der Waals surface area contributed by atoms with E-state index in [9.17, 15) is 29.7 Å². The fourth-order valence-corrected chi connectivity index (χ4v) is 5.88. The normalized spacial score (nSPS) is 18.1. The van der Waals surface area contributed by atoms with Crippen LogP contribution < -0.4 is 16.0 Å². The summed E-state index contributed by atoms with van der Waals surface area (Å²) in [5.74, 6) is -2.51. The largest absolute Gasteiger partial charge is 0.374 e. The third-order valence-corrected chi connectivity index (χ3v) is 7.85.